The van der Waals surface area contributed by atoms with Crippen molar-refractivity contribution in [1.82, 2.24) is 14.3 Å². The van der Waals surface area contributed by atoms with Crippen LogP contribution in [0.3, 0.4) is 0 Å². The van der Waals surface area contributed by atoms with Gasteiger partial charge in [0.05, 0.1) is 17.0 Å². The van der Waals surface area contributed by atoms with Gasteiger partial charge in [0.2, 0.25) is 0 Å². The van der Waals surface area contributed by atoms with Crippen LogP contribution in [0.25, 0.3) is 11.7 Å². The first kappa shape index (κ1) is 23.8. The lowest BCUT2D eigenvalue weighted by Gasteiger charge is -2.36. The van der Waals surface area contributed by atoms with Crippen molar-refractivity contribution in [1.29, 1.82) is 0 Å². The van der Waals surface area contributed by atoms with Gasteiger partial charge in [-0.15, -0.1) is 0 Å². The summed E-state index contributed by atoms with van der Waals surface area (Å²) in [6.45, 7) is 8.47. The Balaban J connectivity index is 1.59. The average molecular weight is 505 g/mol. The number of hydrogen-bond donors (Lipinski definition) is 0. The van der Waals surface area contributed by atoms with E-state index < -0.39 is 0 Å². The van der Waals surface area contributed by atoms with Crippen molar-refractivity contribution >= 4 is 51.7 Å². The smallest absolute Gasteiger partial charge is 0.267 e. The van der Waals surface area contributed by atoms with Gasteiger partial charge in [-0.25, -0.2) is 4.98 Å². The van der Waals surface area contributed by atoms with E-state index in [0.717, 1.165) is 30.6 Å². The van der Waals surface area contributed by atoms with Crippen LogP contribution in [-0.2, 0) is 11.3 Å². The topological polar surface area (TPSA) is 57.9 Å². The fourth-order valence-corrected chi connectivity index (χ4v) is 6.22. The van der Waals surface area contributed by atoms with Gasteiger partial charge >= 0.3 is 0 Å². The molecule has 2 atom stereocenters. The molecule has 0 radical (unpaired) electrons. The largest absolute Gasteiger partial charge is 0.355 e. The van der Waals surface area contributed by atoms with Crippen LogP contribution in [0.15, 0.2) is 58.4 Å². The number of benzene rings is 1. The van der Waals surface area contributed by atoms with E-state index in [1.807, 2.05) is 49.4 Å². The zero-order valence-corrected chi connectivity index (χ0v) is 21.7. The summed E-state index contributed by atoms with van der Waals surface area (Å²) in [7, 11) is 0. The molecule has 2 aliphatic rings. The molecule has 1 aromatic carbocycles. The Morgan fingerprint density at radius 3 is 2.51 bits per heavy atom. The van der Waals surface area contributed by atoms with Gasteiger partial charge in [0, 0.05) is 19.3 Å². The third-order valence-corrected chi connectivity index (χ3v) is 7.86. The molecule has 2 fully saturated rings. The number of carbonyl (C=O) groups is 1. The number of aromatic nitrogens is 2. The zero-order chi connectivity index (χ0) is 24.7. The standard InChI is InChI=1S/C27H28N4O2S2/c1-17-9-10-23-28-24(29-13-18(2)11-19(3)14-29)21(25(32)30(23)15-17)12-22-26(33)31(27(34)35-22)16-20-7-5-4-6-8-20/h4-10,12,15,18-19H,11,13-14,16H2,1-3H3/b22-12-/t18-,19+. The van der Waals surface area contributed by atoms with Gasteiger partial charge in [-0.1, -0.05) is 74.2 Å². The molecule has 8 heteroatoms. The molecule has 0 spiro atoms. The van der Waals surface area contributed by atoms with E-state index in [1.165, 1.54) is 11.8 Å². The summed E-state index contributed by atoms with van der Waals surface area (Å²) in [4.78, 5) is 36.3. The highest BCUT2D eigenvalue weighted by molar-refractivity contribution is 8.26. The van der Waals surface area contributed by atoms with Gasteiger partial charge in [-0.05, 0) is 48.4 Å². The number of piperidine rings is 1. The lowest BCUT2D eigenvalue weighted by atomic mass is 9.91. The van der Waals surface area contributed by atoms with Gasteiger partial charge in [0.1, 0.15) is 15.8 Å². The summed E-state index contributed by atoms with van der Waals surface area (Å²) in [6.07, 6.45) is 4.65. The second-order valence-corrected chi connectivity index (χ2v) is 11.4. The molecule has 0 N–H and O–H groups in total. The predicted molar refractivity (Wildman–Crippen MR) is 147 cm³/mol. The highest BCUT2D eigenvalue weighted by Gasteiger charge is 2.33. The first-order chi connectivity index (χ1) is 16.8. The number of hydrogen-bond acceptors (Lipinski definition) is 6. The molecule has 0 unspecified atom stereocenters. The Labute approximate surface area is 214 Å². The van der Waals surface area contributed by atoms with Crippen molar-refractivity contribution in [3.05, 3.63) is 80.6 Å². The molecular weight excluding hydrogens is 476 g/mol. The van der Waals surface area contributed by atoms with E-state index in [0.29, 0.717) is 44.6 Å². The molecule has 0 bridgehead atoms. The van der Waals surface area contributed by atoms with Crippen LogP contribution in [-0.4, -0.2) is 37.6 Å². The van der Waals surface area contributed by atoms with E-state index in [2.05, 4.69) is 18.7 Å². The Hall–Kier alpha value is -2.97. The number of rotatable bonds is 4. The molecule has 35 heavy (non-hydrogen) atoms. The maximum Gasteiger partial charge on any atom is 0.267 e. The average Bonchev–Trinajstić information content (AvgIpc) is 3.08. The number of nitrogens with zero attached hydrogens (tertiary/aromatic N) is 4. The van der Waals surface area contributed by atoms with Crippen molar-refractivity contribution < 1.29 is 4.79 Å². The minimum Gasteiger partial charge on any atom is -0.355 e. The molecule has 0 saturated carbocycles. The van der Waals surface area contributed by atoms with E-state index in [4.69, 9.17) is 17.2 Å². The summed E-state index contributed by atoms with van der Waals surface area (Å²) < 4.78 is 2.07. The number of pyridine rings is 1. The molecule has 1 amide bonds. The maximum atomic E-state index is 13.7. The van der Waals surface area contributed by atoms with E-state index in [1.54, 1.807) is 21.6 Å². The van der Waals surface area contributed by atoms with Gasteiger partial charge in [0.15, 0.2) is 0 Å². The second-order valence-electron chi connectivity index (χ2n) is 9.69. The summed E-state index contributed by atoms with van der Waals surface area (Å²) in [6, 6.07) is 13.6. The van der Waals surface area contributed by atoms with Crippen LogP contribution in [0.1, 0.15) is 37.0 Å². The zero-order valence-electron chi connectivity index (χ0n) is 20.1. The highest BCUT2D eigenvalue weighted by Crippen LogP contribution is 2.35. The maximum absolute atomic E-state index is 13.7. The van der Waals surface area contributed by atoms with Gasteiger partial charge in [0.25, 0.3) is 11.5 Å². The Bertz CT molecular complexity index is 1390. The van der Waals surface area contributed by atoms with Crippen molar-refractivity contribution in [2.75, 3.05) is 18.0 Å². The number of aryl methyl sites for hydroxylation is 1. The van der Waals surface area contributed by atoms with Gasteiger partial charge in [-0.3, -0.25) is 18.9 Å². The molecule has 4 heterocycles. The second kappa shape index (κ2) is 9.59. The molecule has 6 nitrogen and oxygen atoms in total. The Morgan fingerprint density at radius 2 is 1.80 bits per heavy atom. The van der Waals surface area contributed by atoms with Gasteiger partial charge in [-0.2, -0.15) is 0 Å². The van der Waals surface area contributed by atoms with Crippen LogP contribution in [0.4, 0.5) is 5.82 Å². The van der Waals surface area contributed by atoms with Crippen LogP contribution in [0, 0.1) is 18.8 Å². The summed E-state index contributed by atoms with van der Waals surface area (Å²) in [5.74, 6) is 1.46. The highest BCUT2D eigenvalue weighted by atomic mass is 32.2. The molecule has 2 aromatic heterocycles. The van der Waals surface area contributed by atoms with E-state index in [-0.39, 0.29) is 11.5 Å². The molecule has 0 aliphatic carbocycles. The van der Waals surface area contributed by atoms with Gasteiger partial charge < -0.3 is 4.90 Å². The predicted octanol–water partition coefficient (Wildman–Crippen LogP) is 4.89. The number of amides is 1. The summed E-state index contributed by atoms with van der Waals surface area (Å²) >= 11 is 6.79. The Morgan fingerprint density at radius 1 is 1.09 bits per heavy atom. The van der Waals surface area contributed by atoms with Crippen LogP contribution < -0.4 is 10.5 Å². The summed E-state index contributed by atoms with van der Waals surface area (Å²) in [5.41, 5.74) is 2.84. The molecule has 5 rings (SSSR count). The molecule has 3 aromatic rings. The number of anilines is 1. The number of thioether (sulfide) groups is 1. The fraction of sp³-hybridized carbons (Fsp3) is 0.333. The Kier molecular flexibility index (Phi) is 6.51. The molecular formula is C27H28N4O2S2. The van der Waals surface area contributed by atoms with Crippen LogP contribution in [0.5, 0.6) is 0 Å². The number of fused-ring (bicyclic) bond motifs is 1. The summed E-state index contributed by atoms with van der Waals surface area (Å²) in [5, 5.41) is 0. The van der Waals surface area contributed by atoms with Crippen molar-refractivity contribution in [3.8, 4) is 0 Å². The molecule has 2 aliphatic heterocycles. The first-order valence-corrected chi connectivity index (χ1v) is 13.1. The SMILES string of the molecule is Cc1ccc2nc(N3C[C@H](C)C[C@H](C)C3)c(/C=C3\SC(=S)N(Cc4ccccc4)C3=O)c(=O)n2c1. The third kappa shape index (κ3) is 4.77. The monoisotopic (exact) mass is 504 g/mol. The number of thiocarbonyl (C=S) groups is 1. The normalized spacial score (nSPS) is 22.0. The lowest BCUT2D eigenvalue weighted by Crippen LogP contribution is -2.40. The minimum atomic E-state index is -0.177. The van der Waals surface area contributed by atoms with Crippen LogP contribution in [0.2, 0.25) is 0 Å². The molecule has 180 valence electrons. The van der Waals surface area contributed by atoms with E-state index in [9.17, 15) is 9.59 Å². The van der Waals surface area contributed by atoms with Crippen molar-refractivity contribution in [2.24, 2.45) is 11.8 Å². The first-order valence-electron chi connectivity index (χ1n) is 11.9. The van der Waals surface area contributed by atoms with E-state index >= 15 is 0 Å². The number of carbonyl (C=O) groups excluding carboxylic acids is 1. The quantitative estimate of drug-likeness (QED) is 0.373. The third-order valence-electron chi connectivity index (χ3n) is 6.49. The van der Waals surface area contributed by atoms with Crippen molar-refractivity contribution in [3.63, 3.8) is 0 Å². The molecule has 2 saturated heterocycles. The minimum absolute atomic E-state index is 0.173. The van der Waals surface area contributed by atoms with Crippen LogP contribution >= 0.6 is 24.0 Å². The lowest BCUT2D eigenvalue weighted by molar-refractivity contribution is -0.122. The van der Waals surface area contributed by atoms with Crippen molar-refractivity contribution in [2.45, 2.75) is 33.7 Å². The fourth-order valence-electron chi connectivity index (χ4n) is 4.98.